The lowest BCUT2D eigenvalue weighted by atomic mass is 10.2. The molecule has 1 amide bonds. The maximum atomic E-state index is 12.5. The lowest BCUT2D eigenvalue weighted by molar-refractivity contribution is 0.102. The minimum atomic E-state index is -0.105. The van der Waals surface area contributed by atoms with Crippen LogP contribution >= 0.6 is 11.3 Å². The summed E-state index contributed by atoms with van der Waals surface area (Å²) in [6, 6.07) is 7.76. The monoisotopic (exact) mass is 314 g/mol. The van der Waals surface area contributed by atoms with Crippen LogP contribution in [0.4, 0.5) is 5.69 Å². The minimum absolute atomic E-state index is 0.105. The third-order valence-electron chi connectivity index (χ3n) is 3.55. The van der Waals surface area contributed by atoms with Crippen molar-refractivity contribution >= 4 is 27.9 Å². The molecule has 114 valence electrons. The zero-order valence-electron chi connectivity index (χ0n) is 13.0. The highest BCUT2D eigenvalue weighted by Crippen LogP contribution is 2.26. The van der Waals surface area contributed by atoms with Crippen LogP contribution in [0.25, 0.3) is 4.96 Å². The molecule has 5 nitrogen and oxygen atoms in total. The molecule has 0 aliphatic heterocycles. The van der Waals surface area contributed by atoms with Crippen LogP contribution in [-0.4, -0.2) is 20.5 Å². The average Bonchev–Trinajstić information content (AvgIpc) is 3.02. The molecule has 3 aromatic rings. The van der Waals surface area contributed by atoms with Gasteiger partial charge in [-0.3, -0.25) is 9.20 Å². The van der Waals surface area contributed by atoms with Crippen molar-refractivity contribution in [1.82, 2.24) is 14.6 Å². The second kappa shape index (κ2) is 5.53. The van der Waals surface area contributed by atoms with E-state index in [1.54, 1.807) is 0 Å². The highest BCUT2D eigenvalue weighted by atomic mass is 32.1. The SMILES string of the molecule is Cc1ccc(NC(=O)c2sc3nnc(C(C)C)n3c2C)cc1. The summed E-state index contributed by atoms with van der Waals surface area (Å²) in [5.74, 6) is 1.04. The number of nitrogens with one attached hydrogen (secondary N) is 1. The molecule has 0 bridgehead atoms. The van der Waals surface area contributed by atoms with Crippen molar-refractivity contribution in [3.8, 4) is 0 Å². The Hall–Kier alpha value is -2.21. The van der Waals surface area contributed by atoms with E-state index < -0.39 is 0 Å². The van der Waals surface area contributed by atoms with Gasteiger partial charge in [-0.25, -0.2) is 0 Å². The molecule has 22 heavy (non-hydrogen) atoms. The van der Waals surface area contributed by atoms with Gasteiger partial charge in [0.2, 0.25) is 4.96 Å². The summed E-state index contributed by atoms with van der Waals surface area (Å²) < 4.78 is 1.97. The highest BCUT2D eigenvalue weighted by molar-refractivity contribution is 7.19. The van der Waals surface area contributed by atoms with E-state index in [0.717, 1.165) is 27.7 Å². The molecule has 3 rings (SSSR count). The maximum Gasteiger partial charge on any atom is 0.267 e. The average molecular weight is 314 g/mol. The molecule has 0 saturated heterocycles. The van der Waals surface area contributed by atoms with Gasteiger partial charge in [-0.1, -0.05) is 42.9 Å². The molecule has 2 aromatic heterocycles. The van der Waals surface area contributed by atoms with Gasteiger partial charge < -0.3 is 5.32 Å². The van der Waals surface area contributed by atoms with Gasteiger partial charge in [-0.05, 0) is 26.0 Å². The van der Waals surface area contributed by atoms with E-state index in [-0.39, 0.29) is 11.8 Å². The van der Waals surface area contributed by atoms with Gasteiger partial charge in [0, 0.05) is 17.3 Å². The van der Waals surface area contributed by atoms with Crippen LogP contribution in [0.3, 0.4) is 0 Å². The number of thiazole rings is 1. The lowest BCUT2D eigenvalue weighted by Crippen LogP contribution is -2.12. The number of carbonyl (C=O) groups excluding carboxylic acids is 1. The van der Waals surface area contributed by atoms with Gasteiger partial charge in [0.1, 0.15) is 10.7 Å². The fourth-order valence-electron chi connectivity index (χ4n) is 2.34. The molecule has 2 heterocycles. The molecule has 1 N–H and O–H groups in total. The van der Waals surface area contributed by atoms with E-state index in [9.17, 15) is 4.79 Å². The number of amides is 1. The summed E-state index contributed by atoms with van der Waals surface area (Å²) >= 11 is 1.37. The van der Waals surface area contributed by atoms with Crippen molar-refractivity contribution in [1.29, 1.82) is 0 Å². The van der Waals surface area contributed by atoms with E-state index in [4.69, 9.17) is 0 Å². The van der Waals surface area contributed by atoms with Crippen LogP contribution in [0.5, 0.6) is 0 Å². The molecular formula is C16H18N4OS. The topological polar surface area (TPSA) is 59.3 Å². The molecule has 1 aromatic carbocycles. The number of rotatable bonds is 3. The number of hydrogen-bond acceptors (Lipinski definition) is 4. The predicted octanol–water partition coefficient (Wildman–Crippen LogP) is 3.78. The number of carbonyl (C=O) groups is 1. The van der Waals surface area contributed by atoms with Crippen LogP contribution < -0.4 is 5.32 Å². The number of benzene rings is 1. The minimum Gasteiger partial charge on any atom is -0.321 e. The molecule has 0 unspecified atom stereocenters. The van der Waals surface area contributed by atoms with Crippen molar-refractivity contribution in [3.05, 3.63) is 46.2 Å². The second-order valence-electron chi connectivity index (χ2n) is 5.67. The molecular weight excluding hydrogens is 296 g/mol. The largest absolute Gasteiger partial charge is 0.321 e. The summed E-state index contributed by atoms with van der Waals surface area (Å²) in [6.07, 6.45) is 0. The molecule has 0 radical (unpaired) electrons. The number of aryl methyl sites for hydroxylation is 2. The number of nitrogens with zero attached hydrogens (tertiary/aromatic N) is 3. The first kappa shape index (κ1) is 14.7. The van der Waals surface area contributed by atoms with Gasteiger partial charge in [0.15, 0.2) is 0 Å². The Bertz CT molecular complexity index is 830. The Morgan fingerprint density at radius 1 is 1.18 bits per heavy atom. The van der Waals surface area contributed by atoms with Crippen LogP contribution in [0.1, 0.15) is 46.5 Å². The second-order valence-corrected chi connectivity index (χ2v) is 6.65. The number of anilines is 1. The molecule has 0 saturated carbocycles. The van der Waals surface area contributed by atoms with E-state index >= 15 is 0 Å². The van der Waals surface area contributed by atoms with Gasteiger partial charge in [-0.15, -0.1) is 10.2 Å². The Kier molecular flexibility index (Phi) is 3.70. The number of hydrogen-bond donors (Lipinski definition) is 1. The fraction of sp³-hybridized carbons (Fsp3) is 0.312. The first-order valence-corrected chi connectivity index (χ1v) is 8.01. The molecule has 0 atom stereocenters. The third kappa shape index (κ3) is 2.50. The highest BCUT2D eigenvalue weighted by Gasteiger charge is 2.20. The summed E-state index contributed by atoms with van der Waals surface area (Å²) in [6.45, 7) is 8.09. The molecule has 0 aliphatic carbocycles. The van der Waals surface area contributed by atoms with Gasteiger partial charge in [0.25, 0.3) is 5.91 Å². The van der Waals surface area contributed by atoms with E-state index in [2.05, 4.69) is 29.4 Å². The number of aromatic nitrogens is 3. The van der Waals surface area contributed by atoms with Crippen molar-refractivity contribution in [2.45, 2.75) is 33.6 Å². The van der Waals surface area contributed by atoms with Crippen molar-refractivity contribution in [3.63, 3.8) is 0 Å². The zero-order valence-corrected chi connectivity index (χ0v) is 13.9. The summed E-state index contributed by atoms with van der Waals surface area (Å²) in [4.78, 5) is 13.9. The van der Waals surface area contributed by atoms with E-state index in [1.165, 1.54) is 11.3 Å². The Labute approximate surface area is 133 Å². The normalized spacial score (nSPS) is 11.3. The summed E-state index contributed by atoms with van der Waals surface area (Å²) in [5, 5.41) is 11.3. The molecule has 6 heteroatoms. The van der Waals surface area contributed by atoms with Crippen molar-refractivity contribution in [2.75, 3.05) is 5.32 Å². The van der Waals surface area contributed by atoms with Crippen LogP contribution in [0, 0.1) is 13.8 Å². The molecule has 0 fully saturated rings. The Morgan fingerprint density at radius 3 is 2.50 bits per heavy atom. The van der Waals surface area contributed by atoms with Gasteiger partial charge in [0.05, 0.1) is 0 Å². The van der Waals surface area contributed by atoms with E-state index in [0.29, 0.717) is 4.88 Å². The van der Waals surface area contributed by atoms with Crippen LogP contribution in [-0.2, 0) is 0 Å². The van der Waals surface area contributed by atoms with Crippen molar-refractivity contribution < 1.29 is 4.79 Å². The third-order valence-corrected chi connectivity index (χ3v) is 4.68. The Morgan fingerprint density at radius 2 is 1.86 bits per heavy atom. The lowest BCUT2D eigenvalue weighted by Gasteiger charge is -2.06. The summed E-state index contributed by atoms with van der Waals surface area (Å²) in [5.41, 5.74) is 2.85. The zero-order chi connectivity index (χ0) is 15.9. The maximum absolute atomic E-state index is 12.5. The fourth-order valence-corrected chi connectivity index (χ4v) is 3.31. The molecule has 0 aliphatic rings. The predicted molar refractivity (Wildman–Crippen MR) is 88.8 cm³/mol. The van der Waals surface area contributed by atoms with Crippen LogP contribution in [0.2, 0.25) is 0 Å². The quantitative estimate of drug-likeness (QED) is 0.800. The molecule has 0 spiro atoms. The number of fused-ring (bicyclic) bond motifs is 1. The van der Waals surface area contributed by atoms with Gasteiger partial charge >= 0.3 is 0 Å². The van der Waals surface area contributed by atoms with E-state index in [1.807, 2.05) is 42.5 Å². The van der Waals surface area contributed by atoms with Gasteiger partial charge in [-0.2, -0.15) is 0 Å². The van der Waals surface area contributed by atoms with Crippen LogP contribution in [0.15, 0.2) is 24.3 Å². The Balaban J connectivity index is 1.94. The smallest absolute Gasteiger partial charge is 0.267 e. The standard InChI is InChI=1S/C16H18N4OS/c1-9(2)14-18-19-16-20(14)11(4)13(22-16)15(21)17-12-7-5-10(3)6-8-12/h5-9H,1-4H3,(H,17,21). The first-order valence-electron chi connectivity index (χ1n) is 7.20. The first-order chi connectivity index (χ1) is 10.5. The van der Waals surface area contributed by atoms with Crippen molar-refractivity contribution in [2.24, 2.45) is 0 Å². The summed E-state index contributed by atoms with van der Waals surface area (Å²) in [7, 11) is 0.